The van der Waals surface area contributed by atoms with Gasteiger partial charge >= 0.3 is 0 Å². The number of anilines is 3. The maximum Gasteiger partial charge on any atom is 0.260 e. The van der Waals surface area contributed by atoms with E-state index in [9.17, 15) is 0 Å². The van der Waals surface area contributed by atoms with E-state index >= 15 is 0 Å². The van der Waals surface area contributed by atoms with Gasteiger partial charge in [-0.3, -0.25) is 4.98 Å². The van der Waals surface area contributed by atoms with Crippen LogP contribution in [0.4, 0.5) is 17.1 Å². The summed E-state index contributed by atoms with van der Waals surface area (Å²) in [4.78, 5) is 9.23. The average Bonchev–Trinajstić information content (AvgIpc) is 3.29. The highest BCUT2D eigenvalue weighted by molar-refractivity contribution is 6.98. The van der Waals surface area contributed by atoms with Gasteiger partial charge in [0.15, 0.2) is 0 Å². The van der Waals surface area contributed by atoms with Crippen LogP contribution >= 0.6 is 0 Å². The van der Waals surface area contributed by atoms with Crippen LogP contribution in [0.5, 0.6) is 23.0 Å². The third-order valence-corrected chi connectivity index (χ3v) is 7.59. The van der Waals surface area contributed by atoms with Gasteiger partial charge in [0.25, 0.3) is 6.71 Å². The van der Waals surface area contributed by atoms with Crippen LogP contribution in [0.25, 0.3) is 11.3 Å². The van der Waals surface area contributed by atoms with E-state index in [1.165, 1.54) is 11.4 Å². The predicted molar refractivity (Wildman–Crippen MR) is 149 cm³/mol. The lowest BCUT2D eigenvalue weighted by molar-refractivity contribution is 0.464. The molecule has 0 bridgehead atoms. The van der Waals surface area contributed by atoms with Gasteiger partial charge in [0.2, 0.25) is 0 Å². The Morgan fingerprint density at radius 1 is 0.703 bits per heavy atom. The van der Waals surface area contributed by atoms with Crippen LogP contribution in [-0.2, 0) is 0 Å². The molecule has 0 saturated carbocycles. The van der Waals surface area contributed by atoms with E-state index in [0.29, 0.717) is 0 Å². The Morgan fingerprint density at radius 3 is 2.22 bits per heavy atom. The van der Waals surface area contributed by atoms with Gasteiger partial charge in [-0.05, 0) is 83.2 Å². The van der Waals surface area contributed by atoms with Gasteiger partial charge in [-0.25, -0.2) is 0 Å². The molecule has 3 aliphatic heterocycles. The van der Waals surface area contributed by atoms with E-state index in [0.717, 1.165) is 63.0 Å². The smallest absolute Gasteiger partial charge is 0.260 e. The van der Waals surface area contributed by atoms with E-state index in [1.54, 1.807) is 0 Å². The van der Waals surface area contributed by atoms with E-state index in [4.69, 9.17) is 9.47 Å². The molecule has 8 rings (SSSR count). The standard InChI is InChI=1S/C31H22BN3O2/c1-34-19-35(26-9-3-2-8-25(26)34)21-13-15-28-23(18-21)32-22-17-20(24-7-4-5-16-33-24)12-14-27(22)36-29-10-6-11-30(37-28)31(29)32/h2-18H,19H2,1H3. The van der Waals surface area contributed by atoms with Crippen molar-refractivity contribution in [1.29, 1.82) is 0 Å². The van der Waals surface area contributed by atoms with Crippen LogP contribution < -0.4 is 35.7 Å². The Bertz CT molecular complexity index is 1690. The molecule has 0 fully saturated rings. The molecule has 4 aromatic carbocycles. The highest BCUT2D eigenvalue weighted by Crippen LogP contribution is 2.41. The topological polar surface area (TPSA) is 37.8 Å². The second kappa shape index (κ2) is 7.64. The minimum absolute atomic E-state index is 0.00195. The molecule has 0 unspecified atom stereocenters. The lowest BCUT2D eigenvalue weighted by atomic mass is 9.34. The lowest BCUT2D eigenvalue weighted by Crippen LogP contribution is -2.57. The number of ether oxygens (including phenoxy) is 2. The number of hydrogen-bond donors (Lipinski definition) is 0. The van der Waals surface area contributed by atoms with Crippen molar-refractivity contribution in [2.24, 2.45) is 0 Å². The first-order chi connectivity index (χ1) is 18.2. The van der Waals surface area contributed by atoms with Crippen molar-refractivity contribution in [3.8, 4) is 34.3 Å². The van der Waals surface area contributed by atoms with Gasteiger partial charge in [-0.15, -0.1) is 0 Å². The Balaban J connectivity index is 1.31. The molecule has 176 valence electrons. The minimum Gasteiger partial charge on any atom is -0.458 e. The summed E-state index contributed by atoms with van der Waals surface area (Å²) >= 11 is 0. The number of aromatic nitrogens is 1. The first-order valence-corrected chi connectivity index (χ1v) is 12.5. The lowest BCUT2D eigenvalue weighted by Gasteiger charge is -2.33. The molecule has 0 saturated heterocycles. The number of rotatable bonds is 2. The van der Waals surface area contributed by atoms with Crippen molar-refractivity contribution < 1.29 is 9.47 Å². The highest BCUT2D eigenvalue weighted by Gasteiger charge is 2.40. The summed E-state index contributed by atoms with van der Waals surface area (Å²) < 4.78 is 12.8. The molecule has 37 heavy (non-hydrogen) atoms. The number of nitrogens with zero attached hydrogens (tertiary/aromatic N) is 3. The van der Waals surface area contributed by atoms with Crippen LogP contribution in [0.15, 0.2) is 103 Å². The summed E-state index contributed by atoms with van der Waals surface area (Å²) in [6.45, 7) is 0.799. The fourth-order valence-corrected chi connectivity index (χ4v) is 5.88. The Labute approximate surface area is 215 Å². The van der Waals surface area contributed by atoms with E-state index in [-0.39, 0.29) is 6.71 Å². The van der Waals surface area contributed by atoms with Gasteiger partial charge in [0.1, 0.15) is 23.0 Å². The number of para-hydroxylation sites is 2. The monoisotopic (exact) mass is 479 g/mol. The second-order valence-corrected chi connectivity index (χ2v) is 9.75. The summed E-state index contributed by atoms with van der Waals surface area (Å²) in [5.74, 6) is 3.46. The van der Waals surface area contributed by atoms with Crippen LogP contribution in [0.1, 0.15) is 0 Å². The Kier molecular flexibility index (Phi) is 4.23. The molecule has 3 aliphatic rings. The van der Waals surface area contributed by atoms with Gasteiger partial charge in [-0.1, -0.05) is 30.3 Å². The molecule has 5 nitrogen and oxygen atoms in total. The molecule has 0 atom stereocenters. The van der Waals surface area contributed by atoms with Gasteiger partial charge in [0.05, 0.1) is 23.7 Å². The van der Waals surface area contributed by atoms with Gasteiger partial charge < -0.3 is 19.3 Å². The maximum absolute atomic E-state index is 6.44. The number of benzene rings is 4. The minimum atomic E-state index is -0.00195. The van der Waals surface area contributed by atoms with Crippen LogP contribution in [0.2, 0.25) is 0 Å². The normalized spacial score (nSPS) is 14.2. The summed E-state index contributed by atoms with van der Waals surface area (Å²) in [7, 11) is 2.14. The first kappa shape index (κ1) is 20.5. The third kappa shape index (κ3) is 3.02. The molecule has 6 heteroatoms. The van der Waals surface area contributed by atoms with Crippen LogP contribution in [-0.4, -0.2) is 25.4 Å². The Morgan fingerprint density at radius 2 is 1.43 bits per heavy atom. The molecule has 0 aliphatic carbocycles. The molecule has 1 aromatic heterocycles. The fraction of sp³-hybridized carbons (Fsp3) is 0.0645. The molecule has 0 N–H and O–H groups in total. The molecule has 0 amide bonds. The zero-order valence-corrected chi connectivity index (χ0v) is 20.3. The number of fused-ring (bicyclic) bond motifs is 5. The van der Waals surface area contributed by atoms with E-state index in [2.05, 4.69) is 82.5 Å². The molecular formula is C31H22BN3O2. The van der Waals surface area contributed by atoms with Crippen molar-refractivity contribution >= 4 is 40.2 Å². The van der Waals surface area contributed by atoms with Crippen molar-refractivity contribution in [2.45, 2.75) is 0 Å². The highest BCUT2D eigenvalue weighted by atomic mass is 16.5. The maximum atomic E-state index is 6.44. The van der Waals surface area contributed by atoms with Crippen LogP contribution in [0, 0.1) is 0 Å². The summed E-state index contributed by atoms with van der Waals surface area (Å²) in [5.41, 5.74) is 8.97. The van der Waals surface area contributed by atoms with Crippen molar-refractivity contribution in [3.05, 3.63) is 103 Å². The van der Waals surface area contributed by atoms with E-state index < -0.39 is 0 Å². The van der Waals surface area contributed by atoms with E-state index in [1.807, 2.05) is 42.6 Å². The van der Waals surface area contributed by atoms with Gasteiger partial charge in [0, 0.05) is 24.4 Å². The number of hydrogen-bond acceptors (Lipinski definition) is 5. The van der Waals surface area contributed by atoms with Gasteiger partial charge in [-0.2, -0.15) is 0 Å². The first-order valence-electron chi connectivity index (χ1n) is 12.5. The average molecular weight is 479 g/mol. The van der Waals surface area contributed by atoms with Crippen molar-refractivity contribution in [2.75, 3.05) is 23.5 Å². The summed E-state index contributed by atoms with van der Waals surface area (Å²) in [5, 5.41) is 0. The molecule has 0 spiro atoms. The SMILES string of the molecule is CN1CN(c2ccc3c(c2)B2c4cc(-c5ccccn5)ccc4Oc4cccc(c42)O3)c2ccccc21. The third-order valence-electron chi connectivity index (χ3n) is 7.59. The largest absolute Gasteiger partial charge is 0.458 e. The quantitative estimate of drug-likeness (QED) is 0.326. The summed E-state index contributed by atoms with van der Waals surface area (Å²) in [6.07, 6.45) is 1.83. The van der Waals surface area contributed by atoms with Crippen molar-refractivity contribution in [1.82, 2.24) is 4.98 Å². The molecule has 0 radical (unpaired) electrons. The second-order valence-electron chi connectivity index (χ2n) is 9.75. The Hall–Kier alpha value is -4.71. The fourth-order valence-electron chi connectivity index (χ4n) is 5.88. The van der Waals surface area contributed by atoms with Crippen molar-refractivity contribution in [3.63, 3.8) is 0 Å². The van der Waals surface area contributed by atoms with Crippen LogP contribution in [0.3, 0.4) is 0 Å². The molecular weight excluding hydrogens is 457 g/mol. The summed E-state index contributed by atoms with van der Waals surface area (Å²) in [6, 6.07) is 33.6. The molecule has 5 aromatic rings. The number of pyridine rings is 1. The zero-order chi connectivity index (χ0) is 24.5. The predicted octanol–water partition coefficient (Wildman–Crippen LogP) is 5.02. The zero-order valence-electron chi connectivity index (χ0n) is 20.3. The molecule has 4 heterocycles.